The Labute approximate surface area is 139 Å². The highest BCUT2D eigenvalue weighted by Gasteiger charge is 2.28. The molecule has 1 aromatic carbocycles. The minimum Gasteiger partial charge on any atom is -0.342 e. The molecule has 2 atom stereocenters. The van der Waals surface area contributed by atoms with E-state index in [1.165, 1.54) is 4.70 Å². The van der Waals surface area contributed by atoms with Gasteiger partial charge in [-0.1, -0.05) is 26.0 Å². The number of morpholine rings is 1. The molecule has 0 spiro atoms. The molecule has 2 heterocycles. The molecule has 0 bridgehead atoms. The Balaban J connectivity index is 1.68. The van der Waals surface area contributed by atoms with Crippen molar-refractivity contribution in [3.8, 4) is 0 Å². The first-order chi connectivity index (χ1) is 10.8. The lowest BCUT2D eigenvalue weighted by atomic mass is 10.3. The first-order valence-electron chi connectivity index (χ1n) is 7.69. The Bertz CT molecular complexity index is 559. The molecule has 1 aliphatic rings. The van der Waals surface area contributed by atoms with Crippen molar-refractivity contribution in [2.45, 2.75) is 30.6 Å². The van der Waals surface area contributed by atoms with Crippen LogP contribution >= 0.6 is 23.3 Å². The van der Waals surface area contributed by atoms with Crippen molar-refractivity contribution in [3.05, 3.63) is 24.3 Å². The van der Waals surface area contributed by atoms with Crippen LogP contribution in [-0.2, 0) is 4.74 Å². The molecule has 1 saturated heterocycles. The zero-order chi connectivity index (χ0) is 15.4. The summed E-state index contributed by atoms with van der Waals surface area (Å²) in [7, 11) is 0. The number of nitrogens with zero attached hydrogens (tertiary/aromatic N) is 2. The van der Waals surface area contributed by atoms with Crippen LogP contribution in [0.25, 0.3) is 10.2 Å². The average Bonchev–Trinajstić information content (AvgIpc) is 2.89. The highest BCUT2D eigenvalue weighted by molar-refractivity contribution is 7.98. The van der Waals surface area contributed by atoms with Gasteiger partial charge < -0.3 is 4.74 Å². The molecule has 1 aromatic heterocycles. The molecule has 1 fully saturated rings. The number of thiazole rings is 1. The summed E-state index contributed by atoms with van der Waals surface area (Å²) in [6, 6.07) is 8.29. The third-order valence-electron chi connectivity index (χ3n) is 3.41. The molecular weight excluding hydrogens is 316 g/mol. The van der Waals surface area contributed by atoms with Gasteiger partial charge in [0.05, 0.1) is 10.2 Å². The second-order valence-electron chi connectivity index (χ2n) is 5.11. The average molecular weight is 339 g/mol. The van der Waals surface area contributed by atoms with Crippen molar-refractivity contribution in [3.63, 3.8) is 0 Å². The number of rotatable bonds is 6. The summed E-state index contributed by atoms with van der Waals surface area (Å²) >= 11 is 3.48. The van der Waals surface area contributed by atoms with Crippen molar-refractivity contribution < 1.29 is 4.74 Å². The maximum absolute atomic E-state index is 6.00. The fourth-order valence-corrected chi connectivity index (χ4v) is 4.70. The molecular formula is C15H22N4OS2. The van der Waals surface area contributed by atoms with Gasteiger partial charge in [-0.05, 0) is 37.2 Å². The van der Waals surface area contributed by atoms with Gasteiger partial charge in [-0.3, -0.25) is 10.6 Å². The van der Waals surface area contributed by atoms with Gasteiger partial charge in [0.1, 0.15) is 12.5 Å². The lowest BCUT2D eigenvalue weighted by molar-refractivity contribution is -0.0886. The van der Waals surface area contributed by atoms with Crippen LogP contribution in [0.4, 0.5) is 0 Å². The first kappa shape index (κ1) is 16.2. The molecule has 3 rings (SSSR count). The third kappa shape index (κ3) is 3.98. The fraction of sp³-hybridized carbons (Fsp3) is 0.533. The smallest absolute Gasteiger partial charge is 0.166 e. The third-order valence-corrected chi connectivity index (χ3v) is 5.52. The summed E-state index contributed by atoms with van der Waals surface area (Å²) in [4.78, 5) is 4.71. The molecule has 22 heavy (non-hydrogen) atoms. The second kappa shape index (κ2) is 7.72. The number of hydrogen-bond acceptors (Lipinski definition) is 7. The monoisotopic (exact) mass is 338 g/mol. The normalized spacial score (nSPS) is 23.2. The van der Waals surface area contributed by atoms with E-state index in [9.17, 15) is 0 Å². The molecule has 2 unspecified atom stereocenters. The van der Waals surface area contributed by atoms with Gasteiger partial charge in [0.15, 0.2) is 4.34 Å². The molecule has 1 aliphatic heterocycles. The lowest BCUT2D eigenvalue weighted by Gasteiger charge is -2.37. The van der Waals surface area contributed by atoms with Gasteiger partial charge in [-0.25, -0.2) is 9.29 Å². The van der Waals surface area contributed by atoms with E-state index in [0.717, 1.165) is 36.0 Å². The van der Waals surface area contributed by atoms with E-state index in [0.29, 0.717) is 0 Å². The van der Waals surface area contributed by atoms with Crippen LogP contribution in [0, 0.1) is 0 Å². The van der Waals surface area contributed by atoms with E-state index < -0.39 is 0 Å². The summed E-state index contributed by atoms with van der Waals surface area (Å²) in [5.41, 5.74) is 1.08. The Hall–Kier alpha value is -0.700. The van der Waals surface area contributed by atoms with Crippen molar-refractivity contribution in [1.82, 2.24) is 19.9 Å². The topological polar surface area (TPSA) is 49.4 Å². The maximum Gasteiger partial charge on any atom is 0.166 e. The van der Waals surface area contributed by atoms with E-state index in [4.69, 9.17) is 9.72 Å². The van der Waals surface area contributed by atoms with Crippen LogP contribution in [0.2, 0.25) is 0 Å². The van der Waals surface area contributed by atoms with E-state index in [-0.39, 0.29) is 12.5 Å². The Morgan fingerprint density at radius 3 is 2.55 bits per heavy atom. The van der Waals surface area contributed by atoms with Crippen molar-refractivity contribution in [2.24, 2.45) is 0 Å². The van der Waals surface area contributed by atoms with Crippen molar-refractivity contribution in [2.75, 3.05) is 26.2 Å². The van der Waals surface area contributed by atoms with Crippen LogP contribution in [0.15, 0.2) is 28.6 Å². The summed E-state index contributed by atoms with van der Waals surface area (Å²) in [6.45, 7) is 7.73. The predicted octanol–water partition coefficient (Wildman–Crippen LogP) is 2.51. The largest absolute Gasteiger partial charge is 0.342 e. The highest BCUT2D eigenvalue weighted by Crippen LogP contribution is 2.32. The molecule has 0 radical (unpaired) electrons. The Morgan fingerprint density at radius 1 is 1.23 bits per heavy atom. The van der Waals surface area contributed by atoms with Gasteiger partial charge in [0.2, 0.25) is 0 Å². The van der Waals surface area contributed by atoms with Crippen molar-refractivity contribution >= 4 is 33.5 Å². The van der Waals surface area contributed by atoms with Crippen LogP contribution in [-0.4, -0.2) is 47.9 Å². The van der Waals surface area contributed by atoms with E-state index in [1.54, 1.807) is 23.3 Å². The number of likely N-dealkylation sites (N-methyl/N-ethyl adjacent to an activating group) is 2. The quantitative estimate of drug-likeness (QED) is 0.790. The van der Waals surface area contributed by atoms with E-state index >= 15 is 0 Å². The standard InChI is InChI=1S/C15H22N4OS2/c1-3-16-13-9-19(10-14(20-13)17-4-2)22-15-18-11-7-5-6-8-12(11)21-15/h5-8,13-14,16-17H,3-4,9-10H2,1-2H3. The maximum atomic E-state index is 6.00. The minimum absolute atomic E-state index is 0.0599. The van der Waals surface area contributed by atoms with Crippen LogP contribution in [0.5, 0.6) is 0 Å². The van der Waals surface area contributed by atoms with Gasteiger partial charge in [-0.2, -0.15) is 0 Å². The van der Waals surface area contributed by atoms with Crippen LogP contribution in [0.1, 0.15) is 13.8 Å². The summed E-state index contributed by atoms with van der Waals surface area (Å²) < 4.78 is 10.7. The molecule has 2 aromatic rings. The Kier molecular flexibility index (Phi) is 5.67. The van der Waals surface area contributed by atoms with Gasteiger partial charge in [0.25, 0.3) is 0 Å². The molecule has 7 heteroatoms. The Morgan fingerprint density at radius 2 is 1.91 bits per heavy atom. The summed E-state index contributed by atoms with van der Waals surface area (Å²) in [5.74, 6) is 0. The number of ether oxygens (including phenoxy) is 1. The number of benzene rings is 1. The predicted molar refractivity (Wildman–Crippen MR) is 93.1 cm³/mol. The minimum atomic E-state index is 0.0599. The SMILES string of the molecule is CCNC1CN(Sc2nc3ccccc3s2)CC(NCC)O1. The summed E-state index contributed by atoms with van der Waals surface area (Å²) in [6.07, 6.45) is 0.120. The first-order valence-corrected chi connectivity index (χ1v) is 9.28. The molecule has 0 aliphatic carbocycles. The van der Waals surface area contributed by atoms with Gasteiger partial charge in [-0.15, -0.1) is 11.3 Å². The van der Waals surface area contributed by atoms with Crippen molar-refractivity contribution in [1.29, 1.82) is 0 Å². The zero-order valence-corrected chi connectivity index (χ0v) is 14.5. The van der Waals surface area contributed by atoms with E-state index in [2.05, 4.69) is 47.0 Å². The lowest BCUT2D eigenvalue weighted by Crippen LogP contribution is -2.55. The fourth-order valence-electron chi connectivity index (χ4n) is 2.48. The van der Waals surface area contributed by atoms with E-state index in [1.807, 2.05) is 6.07 Å². The summed E-state index contributed by atoms with van der Waals surface area (Å²) in [5, 5.41) is 6.76. The molecule has 120 valence electrons. The number of hydrogen-bond donors (Lipinski definition) is 2. The molecule has 2 N–H and O–H groups in total. The zero-order valence-electron chi connectivity index (χ0n) is 12.9. The molecule has 0 amide bonds. The highest BCUT2D eigenvalue weighted by atomic mass is 32.2. The number of nitrogens with one attached hydrogen (secondary N) is 2. The van der Waals surface area contributed by atoms with Gasteiger partial charge in [0, 0.05) is 13.1 Å². The number of fused-ring (bicyclic) bond motifs is 1. The van der Waals surface area contributed by atoms with Gasteiger partial charge >= 0.3 is 0 Å². The van der Waals surface area contributed by atoms with Crippen LogP contribution < -0.4 is 10.6 Å². The second-order valence-corrected chi connectivity index (χ2v) is 7.49. The molecule has 0 saturated carbocycles. The molecule has 5 nitrogen and oxygen atoms in total. The van der Waals surface area contributed by atoms with Crippen LogP contribution in [0.3, 0.4) is 0 Å². The number of aromatic nitrogens is 1. The number of para-hydroxylation sites is 1.